The van der Waals surface area contributed by atoms with Gasteiger partial charge in [0.2, 0.25) is 0 Å². The maximum Gasteiger partial charge on any atom is 0.165 e. The number of hydrogen-bond donors (Lipinski definition) is 1. The standard InChI is InChI=1S/C16H27N3O2/c1-18(8-2-3-14(17)13-20)15-4-6-16(7-5-15)19-9-11-21-12-10-19/h2-3,8,13,15-16H,4-7,9-12,17H2,1H3/b8-2-,14-3+. The predicted octanol–water partition coefficient (Wildman–Crippen LogP) is 1.12. The number of rotatable bonds is 5. The molecule has 1 saturated carbocycles. The molecule has 0 aromatic rings. The van der Waals surface area contributed by atoms with Crippen LogP contribution < -0.4 is 5.73 Å². The molecule has 1 heterocycles. The van der Waals surface area contributed by atoms with E-state index in [9.17, 15) is 4.79 Å². The van der Waals surface area contributed by atoms with E-state index < -0.39 is 0 Å². The molecule has 2 rings (SSSR count). The molecule has 118 valence electrons. The summed E-state index contributed by atoms with van der Waals surface area (Å²) in [7, 11) is 2.10. The molecule has 21 heavy (non-hydrogen) atoms. The van der Waals surface area contributed by atoms with Crippen LogP contribution >= 0.6 is 0 Å². The van der Waals surface area contributed by atoms with Crippen molar-refractivity contribution in [3.63, 3.8) is 0 Å². The Morgan fingerprint density at radius 3 is 2.52 bits per heavy atom. The number of morpholine rings is 1. The Morgan fingerprint density at radius 2 is 1.90 bits per heavy atom. The highest BCUT2D eigenvalue weighted by molar-refractivity contribution is 5.72. The number of aldehydes is 1. The molecular weight excluding hydrogens is 266 g/mol. The quantitative estimate of drug-likeness (QED) is 0.467. The molecule has 0 bridgehead atoms. The second-order valence-electron chi connectivity index (χ2n) is 5.90. The van der Waals surface area contributed by atoms with Gasteiger partial charge in [-0.25, -0.2) is 0 Å². The first kappa shape index (κ1) is 16.0. The zero-order valence-corrected chi connectivity index (χ0v) is 12.9. The van der Waals surface area contributed by atoms with E-state index in [0.717, 1.165) is 32.3 Å². The van der Waals surface area contributed by atoms with Gasteiger partial charge in [0.25, 0.3) is 0 Å². The summed E-state index contributed by atoms with van der Waals surface area (Å²) in [6.45, 7) is 3.93. The smallest absolute Gasteiger partial charge is 0.165 e. The van der Waals surface area contributed by atoms with Gasteiger partial charge in [-0.1, -0.05) is 0 Å². The summed E-state index contributed by atoms with van der Waals surface area (Å²) >= 11 is 0. The van der Waals surface area contributed by atoms with E-state index in [1.807, 2.05) is 12.3 Å². The molecule has 2 fully saturated rings. The fraction of sp³-hybridized carbons (Fsp3) is 0.688. The molecule has 0 radical (unpaired) electrons. The minimum atomic E-state index is 0.260. The van der Waals surface area contributed by atoms with Crippen LogP contribution in [0.3, 0.4) is 0 Å². The van der Waals surface area contributed by atoms with Crippen LogP contribution in [0.1, 0.15) is 25.7 Å². The van der Waals surface area contributed by atoms with Gasteiger partial charge in [0.05, 0.1) is 18.9 Å². The van der Waals surface area contributed by atoms with Crippen LogP contribution in [0.4, 0.5) is 0 Å². The summed E-state index contributed by atoms with van der Waals surface area (Å²) in [5, 5.41) is 0. The number of nitrogens with zero attached hydrogens (tertiary/aromatic N) is 2. The van der Waals surface area contributed by atoms with E-state index in [4.69, 9.17) is 10.5 Å². The van der Waals surface area contributed by atoms with Crippen molar-refractivity contribution in [2.24, 2.45) is 5.73 Å². The first-order valence-corrected chi connectivity index (χ1v) is 7.83. The normalized spacial score (nSPS) is 28.7. The van der Waals surface area contributed by atoms with Crippen LogP contribution in [0.5, 0.6) is 0 Å². The van der Waals surface area contributed by atoms with Crippen LogP contribution in [0.15, 0.2) is 24.0 Å². The van der Waals surface area contributed by atoms with E-state index in [1.165, 1.54) is 25.7 Å². The summed E-state index contributed by atoms with van der Waals surface area (Å²) in [5.74, 6) is 0. The monoisotopic (exact) mass is 293 g/mol. The third-order valence-corrected chi connectivity index (χ3v) is 4.55. The average Bonchev–Trinajstić information content (AvgIpc) is 2.55. The lowest BCUT2D eigenvalue weighted by atomic mass is 9.89. The van der Waals surface area contributed by atoms with E-state index in [0.29, 0.717) is 12.3 Å². The molecule has 5 nitrogen and oxygen atoms in total. The maximum atomic E-state index is 10.4. The van der Waals surface area contributed by atoms with Crippen LogP contribution in [0, 0.1) is 0 Å². The highest BCUT2D eigenvalue weighted by Crippen LogP contribution is 2.26. The van der Waals surface area contributed by atoms with Crippen molar-refractivity contribution in [1.82, 2.24) is 9.80 Å². The molecule has 0 spiro atoms. The topological polar surface area (TPSA) is 58.8 Å². The minimum absolute atomic E-state index is 0.260. The van der Waals surface area contributed by atoms with Gasteiger partial charge >= 0.3 is 0 Å². The number of carbonyl (C=O) groups excluding carboxylic acids is 1. The van der Waals surface area contributed by atoms with Gasteiger partial charge in [-0.2, -0.15) is 0 Å². The molecule has 0 aromatic carbocycles. The number of carbonyl (C=O) groups is 1. The Morgan fingerprint density at radius 1 is 1.24 bits per heavy atom. The zero-order chi connectivity index (χ0) is 15.1. The fourth-order valence-electron chi connectivity index (χ4n) is 3.22. The Bertz CT molecular complexity index is 381. The summed E-state index contributed by atoms with van der Waals surface area (Å²) in [5.41, 5.74) is 5.71. The number of hydrogen-bond acceptors (Lipinski definition) is 5. The van der Waals surface area contributed by atoms with Crippen LogP contribution in [0.2, 0.25) is 0 Å². The van der Waals surface area contributed by atoms with Crippen molar-refractivity contribution in [1.29, 1.82) is 0 Å². The number of ether oxygens (including phenoxy) is 1. The first-order chi connectivity index (χ1) is 10.2. The lowest BCUT2D eigenvalue weighted by Gasteiger charge is -2.40. The molecule has 2 N–H and O–H groups in total. The summed E-state index contributed by atoms with van der Waals surface area (Å²) in [6.07, 6.45) is 11.1. The van der Waals surface area contributed by atoms with E-state index in [-0.39, 0.29) is 5.70 Å². The van der Waals surface area contributed by atoms with Gasteiger partial charge in [-0.3, -0.25) is 9.69 Å². The van der Waals surface area contributed by atoms with Gasteiger partial charge in [0, 0.05) is 32.2 Å². The second kappa shape index (κ2) is 8.20. The molecule has 5 heteroatoms. The van der Waals surface area contributed by atoms with Crippen molar-refractivity contribution in [3.8, 4) is 0 Å². The highest BCUT2D eigenvalue weighted by Gasteiger charge is 2.27. The second-order valence-corrected chi connectivity index (χ2v) is 5.90. The minimum Gasteiger partial charge on any atom is -0.396 e. The van der Waals surface area contributed by atoms with Crippen molar-refractivity contribution >= 4 is 6.29 Å². The van der Waals surface area contributed by atoms with Crippen molar-refractivity contribution in [3.05, 3.63) is 24.0 Å². The molecule has 0 unspecified atom stereocenters. The summed E-state index contributed by atoms with van der Waals surface area (Å²) < 4.78 is 5.42. The number of nitrogens with two attached hydrogens (primary N) is 1. The summed E-state index contributed by atoms with van der Waals surface area (Å²) in [6, 6.07) is 1.32. The van der Waals surface area contributed by atoms with Gasteiger partial charge in [-0.05, 0) is 44.0 Å². The SMILES string of the molecule is CN(/C=C\C=C(\N)C=O)C1CCC(N2CCOCC2)CC1. The first-order valence-electron chi connectivity index (χ1n) is 7.83. The Labute approximate surface area is 127 Å². The van der Waals surface area contributed by atoms with Crippen molar-refractivity contribution in [2.75, 3.05) is 33.4 Å². The Balaban J connectivity index is 1.76. The average molecular weight is 293 g/mol. The lowest BCUT2D eigenvalue weighted by molar-refractivity contribution is -0.104. The van der Waals surface area contributed by atoms with Crippen LogP contribution in [-0.4, -0.2) is 61.5 Å². The molecule has 0 aromatic heterocycles. The molecule has 0 amide bonds. The van der Waals surface area contributed by atoms with Crippen LogP contribution in [0.25, 0.3) is 0 Å². The van der Waals surface area contributed by atoms with E-state index in [2.05, 4.69) is 16.8 Å². The zero-order valence-electron chi connectivity index (χ0n) is 12.9. The Hall–Kier alpha value is -1.33. The van der Waals surface area contributed by atoms with Crippen LogP contribution in [-0.2, 0) is 9.53 Å². The third-order valence-electron chi connectivity index (χ3n) is 4.55. The largest absolute Gasteiger partial charge is 0.396 e. The van der Waals surface area contributed by atoms with Gasteiger partial charge in [-0.15, -0.1) is 0 Å². The van der Waals surface area contributed by atoms with Gasteiger partial charge in [0.1, 0.15) is 0 Å². The molecule has 1 aliphatic carbocycles. The fourth-order valence-corrected chi connectivity index (χ4v) is 3.22. The molecule has 2 aliphatic rings. The van der Waals surface area contributed by atoms with E-state index in [1.54, 1.807) is 6.08 Å². The highest BCUT2D eigenvalue weighted by atomic mass is 16.5. The maximum absolute atomic E-state index is 10.4. The molecule has 1 aliphatic heterocycles. The molecular formula is C16H27N3O2. The molecule has 0 atom stereocenters. The third kappa shape index (κ3) is 4.86. The van der Waals surface area contributed by atoms with Gasteiger partial charge in [0.15, 0.2) is 6.29 Å². The predicted molar refractivity (Wildman–Crippen MR) is 83.7 cm³/mol. The van der Waals surface area contributed by atoms with E-state index >= 15 is 0 Å². The lowest BCUT2D eigenvalue weighted by Crippen LogP contribution is -2.46. The molecule has 1 saturated heterocycles. The Kier molecular flexibility index (Phi) is 6.26. The number of allylic oxidation sites excluding steroid dienone is 3. The van der Waals surface area contributed by atoms with Gasteiger partial charge < -0.3 is 15.4 Å². The van der Waals surface area contributed by atoms with Crippen molar-refractivity contribution in [2.45, 2.75) is 37.8 Å². The van der Waals surface area contributed by atoms with Crippen molar-refractivity contribution < 1.29 is 9.53 Å². The summed E-state index contributed by atoms with van der Waals surface area (Å²) in [4.78, 5) is 15.2.